The fraction of sp³-hybridized carbons (Fsp3) is 0.538. The van der Waals surface area contributed by atoms with Gasteiger partial charge in [0.05, 0.1) is 0 Å². The number of rotatable bonds is 2. The van der Waals surface area contributed by atoms with Crippen molar-refractivity contribution in [2.45, 2.75) is 13.0 Å². The minimum absolute atomic E-state index is 0.221. The summed E-state index contributed by atoms with van der Waals surface area (Å²) in [7, 11) is 2.04. The Morgan fingerprint density at radius 3 is 2.56 bits per heavy atom. The highest BCUT2D eigenvalue weighted by atomic mass is 19.2. The van der Waals surface area contributed by atoms with Crippen molar-refractivity contribution in [2.75, 3.05) is 33.2 Å². The van der Waals surface area contributed by atoms with Crippen molar-refractivity contribution in [1.82, 2.24) is 9.80 Å². The average molecular weight is 258 g/mol. The third-order valence-electron chi connectivity index (χ3n) is 3.32. The molecule has 0 N–H and O–H groups in total. The molecule has 0 atom stereocenters. The van der Waals surface area contributed by atoms with Crippen molar-refractivity contribution < 1.29 is 13.2 Å². The van der Waals surface area contributed by atoms with E-state index in [0.717, 1.165) is 38.7 Å². The Morgan fingerprint density at radius 1 is 1.00 bits per heavy atom. The quantitative estimate of drug-likeness (QED) is 0.751. The van der Waals surface area contributed by atoms with Gasteiger partial charge < -0.3 is 4.90 Å². The fourth-order valence-corrected chi connectivity index (χ4v) is 2.19. The molecule has 100 valence electrons. The van der Waals surface area contributed by atoms with Crippen LogP contribution in [0.4, 0.5) is 13.2 Å². The van der Waals surface area contributed by atoms with Crippen molar-refractivity contribution in [1.29, 1.82) is 0 Å². The molecule has 1 fully saturated rings. The van der Waals surface area contributed by atoms with Gasteiger partial charge in [-0.15, -0.1) is 0 Å². The van der Waals surface area contributed by atoms with Crippen LogP contribution in [-0.2, 0) is 6.54 Å². The fourth-order valence-electron chi connectivity index (χ4n) is 2.19. The van der Waals surface area contributed by atoms with Crippen molar-refractivity contribution >= 4 is 0 Å². The van der Waals surface area contributed by atoms with Crippen LogP contribution in [0.3, 0.4) is 0 Å². The molecule has 2 nitrogen and oxygen atoms in total. The molecule has 1 saturated heterocycles. The van der Waals surface area contributed by atoms with Crippen LogP contribution in [0.25, 0.3) is 0 Å². The van der Waals surface area contributed by atoms with Crippen LogP contribution in [0.15, 0.2) is 12.1 Å². The second-order valence-corrected chi connectivity index (χ2v) is 4.77. The molecule has 0 aromatic heterocycles. The average Bonchev–Trinajstić information content (AvgIpc) is 2.55. The molecule has 18 heavy (non-hydrogen) atoms. The molecule has 0 aliphatic carbocycles. The van der Waals surface area contributed by atoms with Gasteiger partial charge in [0.1, 0.15) is 0 Å². The monoisotopic (exact) mass is 258 g/mol. The van der Waals surface area contributed by atoms with E-state index in [1.165, 1.54) is 6.07 Å². The molecule has 1 heterocycles. The minimum Gasteiger partial charge on any atom is -0.305 e. The van der Waals surface area contributed by atoms with Gasteiger partial charge in [0.25, 0.3) is 0 Å². The molecule has 1 aromatic carbocycles. The lowest BCUT2D eigenvalue weighted by Gasteiger charge is -2.20. The third-order valence-corrected chi connectivity index (χ3v) is 3.32. The van der Waals surface area contributed by atoms with Crippen LogP contribution < -0.4 is 0 Å². The van der Waals surface area contributed by atoms with E-state index in [-0.39, 0.29) is 5.56 Å². The Morgan fingerprint density at radius 2 is 1.78 bits per heavy atom. The summed E-state index contributed by atoms with van der Waals surface area (Å²) in [5.41, 5.74) is 0.221. The van der Waals surface area contributed by atoms with Gasteiger partial charge in [0, 0.05) is 25.2 Å². The molecule has 1 aliphatic heterocycles. The van der Waals surface area contributed by atoms with Gasteiger partial charge in [0.2, 0.25) is 0 Å². The van der Waals surface area contributed by atoms with E-state index in [1.807, 2.05) is 7.05 Å². The lowest BCUT2D eigenvalue weighted by atomic mass is 10.2. The highest BCUT2D eigenvalue weighted by Gasteiger charge is 2.17. The maximum atomic E-state index is 13.5. The Hall–Kier alpha value is -1.07. The Balaban J connectivity index is 2.07. The second kappa shape index (κ2) is 5.71. The lowest BCUT2D eigenvalue weighted by Crippen LogP contribution is -2.29. The van der Waals surface area contributed by atoms with Crippen LogP contribution >= 0.6 is 0 Å². The summed E-state index contributed by atoms with van der Waals surface area (Å²) in [6.45, 7) is 3.91. The Bertz CT molecular complexity index is 423. The van der Waals surface area contributed by atoms with E-state index in [0.29, 0.717) is 6.54 Å². The van der Waals surface area contributed by atoms with Crippen LogP contribution in [0.5, 0.6) is 0 Å². The molecule has 0 unspecified atom stereocenters. The van der Waals surface area contributed by atoms with E-state index in [1.54, 1.807) is 0 Å². The standard InChI is InChI=1S/C13H17F3N2/c1-17-5-2-6-18(8-7-17)9-10-3-4-11(14)13(16)12(10)15/h3-4H,2,5-9H2,1H3. The molecule has 2 rings (SSSR count). The van der Waals surface area contributed by atoms with Gasteiger partial charge >= 0.3 is 0 Å². The smallest absolute Gasteiger partial charge is 0.194 e. The van der Waals surface area contributed by atoms with Crippen LogP contribution in [0.2, 0.25) is 0 Å². The maximum Gasteiger partial charge on any atom is 0.194 e. The number of likely N-dealkylation sites (N-methyl/N-ethyl adjacent to an activating group) is 1. The molecule has 1 aliphatic rings. The Kier molecular flexibility index (Phi) is 4.24. The largest absolute Gasteiger partial charge is 0.305 e. The van der Waals surface area contributed by atoms with Gasteiger partial charge in [-0.05, 0) is 32.6 Å². The van der Waals surface area contributed by atoms with Crippen molar-refractivity contribution in [3.8, 4) is 0 Å². The number of hydrogen-bond acceptors (Lipinski definition) is 2. The first-order valence-corrected chi connectivity index (χ1v) is 6.11. The highest BCUT2D eigenvalue weighted by molar-refractivity contribution is 5.20. The van der Waals surface area contributed by atoms with Crippen molar-refractivity contribution in [3.05, 3.63) is 35.1 Å². The maximum absolute atomic E-state index is 13.5. The van der Waals surface area contributed by atoms with Crippen LogP contribution in [0.1, 0.15) is 12.0 Å². The summed E-state index contributed by atoms with van der Waals surface area (Å²) < 4.78 is 39.5. The predicted octanol–water partition coefficient (Wildman–Crippen LogP) is 2.24. The van der Waals surface area contributed by atoms with E-state index >= 15 is 0 Å². The predicted molar refractivity (Wildman–Crippen MR) is 63.7 cm³/mol. The summed E-state index contributed by atoms with van der Waals surface area (Å²) >= 11 is 0. The van der Waals surface area contributed by atoms with E-state index in [2.05, 4.69) is 9.80 Å². The topological polar surface area (TPSA) is 6.48 Å². The minimum atomic E-state index is -1.38. The van der Waals surface area contributed by atoms with Gasteiger partial charge in [0.15, 0.2) is 17.5 Å². The number of benzene rings is 1. The molecule has 0 amide bonds. The van der Waals surface area contributed by atoms with Gasteiger partial charge in [-0.25, -0.2) is 13.2 Å². The molecule has 0 bridgehead atoms. The molecular formula is C13H17F3N2. The van der Waals surface area contributed by atoms with Gasteiger partial charge in [-0.3, -0.25) is 4.90 Å². The molecular weight excluding hydrogens is 241 g/mol. The van der Waals surface area contributed by atoms with E-state index < -0.39 is 17.5 Å². The van der Waals surface area contributed by atoms with Gasteiger partial charge in [-0.2, -0.15) is 0 Å². The third kappa shape index (κ3) is 3.03. The summed E-state index contributed by atoms with van der Waals surface area (Å²) in [6.07, 6.45) is 1.00. The first-order chi connectivity index (χ1) is 8.58. The van der Waals surface area contributed by atoms with Crippen LogP contribution in [0, 0.1) is 17.5 Å². The SMILES string of the molecule is CN1CCCN(Cc2ccc(F)c(F)c2F)CC1. The van der Waals surface area contributed by atoms with Crippen LogP contribution in [-0.4, -0.2) is 43.0 Å². The molecule has 1 aromatic rings. The Labute approximate surface area is 105 Å². The van der Waals surface area contributed by atoms with E-state index in [4.69, 9.17) is 0 Å². The summed E-state index contributed by atoms with van der Waals surface area (Å²) in [5, 5.41) is 0. The molecule has 5 heteroatoms. The summed E-state index contributed by atoms with van der Waals surface area (Å²) in [5.74, 6) is -3.57. The lowest BCUT2D eigenvalue weighted by molar-refractivity contribution is 0.264. The number of hydrogen-bond donors (Lipinski definition) is 0. The summed E-state index contributed by atoms with van der Waals surface area (Å²) in [4.78, 5) is 4.28. The molecule has 0 spiro atoms. The highest BCUT2D eigenvalue weighted by Crippen LogP contribution is 2.17. The first kappa shape index (κ1) is 13.4. The second-order valence-electron chi connectivity index (χ2n) is 4.77. The van der Waals surface area contributed by atoms with Crippen molar-refractivity contribution in [3.63, 3.8) is 0 Å². The normalized spacial score (nSPS) is 18.9. The van der Waals surface area contributed by atoms with Crippen molar-refractivity contribution in [2.24, 2.45) is 0 Å². The van der Waals surface area contributed by atoms with E-state index in [9.17, 15) is 13.2 Å². The zero-order chi connectivity index (χ0) is 13.1. The molecule has 0 saturated carbocycles. The summed E-state index contributed by atoms with van der Waals surface area (Å²) in [6, 6.07) is 2.31. The molecule has 0 radical (unpaired) electrons. The number of nitrogens with zero attached hydrogens (tertiary/aromatic N) is 2. The van der Waals surface area contributed by atoms with Gasteiger partial charge in [-0.1, -0.05) is 6.07 Å². The first-order valence-electron chi connectivity index (χ1n) is 6.11. The number of halogens is 3. The zero-order valence-electron chi connectivity index (χ0n) is 10.4. The zero-order valence-corrected chi connectivity index (χ0v) is 10.4.